The maximum Gasteiger partial charge on any atom is 0.193 e. The van der Waals surface area contributed by atoms with Gasteiger partial charge in [0.15, 0.2) is 5.96 Å². The van der Waals surface area contributed by atoms with Crippen LogP contribution in [0.5, 0.6) is 0 Å². The number of aliphatic imine (C=N–C) groups is 1. The number of benzene rings is 1. The van der Waals surface area contributed by atoms with Crippen molar-refractivity contribution in [2.75, 3.05) is 39.9 Å². The van der Waals surface area contributed by atoms with Crippen molar-refractivity contribution < 1.29 is 4.74 Å². The van der Waals surface area contributed by atoms with Crippen molar-refractivity contribution in [2.45, 2.75) is 26.2 Å². The zero-order chi connectivity index (χ0) is 15.6. The lowest BCUT2D eigenvalue weighted by Gasteiger charge is -2.34. The third-order valence-electron chi connectivity index (χ3n) is 4.17. The summed E-state index contributed by atoms with van der Waals surface area (Å²) in [6.45, 7) is 6.62. The lowest BCUT2D eigenvalue weighted by atomic mass is 9.90. The molecular formula is C18H29N3O. The number of nitrogens with one attached hydrogen (secondary N) is 1. The van der Waals surface area contributed by atoms with Gasteiger partial charge >= 0.3 is 0 Å². The standard InChI is InChI=1S/C18H29N3O/c1-3-19-18(20-11-14-22-2)21-12-9-17(10-13-21)15-16-7-5-4-6-8-16/h4-8,17H,3,9-15H2,1-2H3,(H,19,20). The monoisotopic (exact) mass is 303 g/mol. The van der Waals surface area contributed by atoms with E-state index in [0.29, 0.717) is 6.61 Å². The Morgan fingerprint density at radius 2 is 2.00 bits per heavy atom. The van der Waals surface area contributed by atoms with E-state index in [1.54, 1.807) is 7.11 Å². The maximum absolute atomic E-state index is 5.09. The Morgan fingerprint density at radius 3 is 2.64 bits per heavy atom. The summed E-state index contributed by atoms with van der Waals surface area (Å²) in [5, 5.41) is 3.40. The van der Waals surface area contributed by atoms with Gasteiger partial charge in [0.2, 0.25) is 0 Å². The van der Waals surface area contributed by atoms with Crippen LogP contribution in [0.2, 0.25) is 0 Å². The Kier molecular flexibility index (Phi) is 7.23. The van der Waals surface area contributed by atoms with E-state index >= 15 is 0 Å². The van der Waals surface area contributed by atoms with E-state index in [1.165, 1.54) is 24.8 Å². The van der Waals surface area contributed by atoms with E-state index in [9.17, 15) is 0 Å². The highest BCUT2D eigenvalue weighted by Crippen LogP contribution is 2.21. The molecule has 1 aliphatic heterocycles. The van der Waals surface area contributed by atoms with Crippen molar-refractivity contribution in [1.29, 1.82) is 0 Å². The summed E-state index contributed by atoms with van der Waals surface area (Å²) in [6, 6.07) is 10.8. The van der Waals surface area contributed by atoms with Crippen LogP contribution < -0.4 is 5.32 Å². The summed E-state index contributed by atoms with van der Waals surface area (Å²) in [5.74, 6) is 1.83. The Labute approximate surface area is 134 Å². The highest BCUT2D eigenvalue weighted by molar-refractivity contribution is 5.80. The normalized spacial score (nSPS) is 16.8. The third kappa shape index (κ3) is 5.34. The molecule has 0 spiro atoms. The molecule has 1 aromatic carbocycles. The van der Waals surface area contributed by atoms with Gasteiger partial charge in [0, 0.05) is 26.7 Å². The van der Waals surface area contributed by atoms with Crippen molar-refractivity contribution in [2.24, 2.45) is 10.9 Å². The zero-order valence-electron chi connectivity index (χ0n) is 13.9. The summed E-state index contributed by atoms with van der Waals surface area (Å²) in [6.07, 6.45) is 3.68. The molecule has 122 valence electrons. The molecule has 1 fully saturated rings. The summed E-state index contributed by atoms with van der Waals surface area (Å²) >= 11 is 0. The first kappa shape index (κ1) is 16.8. The molecule has 0 aliphatic carbocycles. The predicted molar refractivity (Wildman–Crippen MR) is 92.3 cm³/mol. The van der Waals surface area contributed by atoms with Crippen molar-refractivity contribution in [1.82, 2.24) is 10.2 Å². The summed E-state index contributed by atoms with van der Waals surface area (Å²) < 4.78 is 5.09. The minimum absolute atomic E-state index is 0.680. The molecule has 0 radical (unpaired) electrons. The summed E-state index contributed by atoms with van der Waals surface area (Å²) in [4.78, 5) is 7.03. The molecule has 4 nitrogen and oxygen atoms in total. The number of ether oxygens (including phenoxy) is 1. The van der Waals surface area contributed by atoms with E-state index < -0.39 is 0 Å². The summed E-state index contributed by atoms with van der Waals surface area (Å²) in [7, 11) is 1.72. The van der Waals surface area contributed by atoms with Crippen LogP contribution >= 0.6 is 0 Å². The molecule has 1 aromatic rings. The minimum Gasteiger partial charge on any atom is -0.383 e. The van der Waals surface area contributed by atoms with E-state index in [-0.39, 0.29) is 0 Å². The van der Waals surface area contributed by atoms with Gasteiger partial charge in [-0.1, -0.05) is 30.3 Å². The molecule has 1 N–H and O–H groups in total. The van der Waals surface area contributed by atoms with Crippen LogP contribution in [0.1, 0.15) is 25.3 Å². The van der Waals surface area contributed by atoms with Crippen LogP contribution in [0, 0.1) is 5.92 Å². The number of rotatable bonds is 6. The third-order valence-corrected chi connectivity index (χ3v) is 4.17. The molecule has 0 bridgehead atoms. The first-order valence-electron chi connectivity index (χ1n) is 8.39. The number of piperidine rings is 1. The number of likely N-dealkylation sites (tertiary alicyclic amines) is 1. The smallest absolute Gasteiger partial charge is 0.193 e. The fourth-order valence-electron chi connectivity index (χ4n) is 2.96. The Balaban J connectivity index is 1.82. The topological polar surface area (TPSA) is 36.9 Å². The molecule has 1 saturated heterocycles. The first-order chi connectivity index (χ1) is 10.8. The molecule has 22 heavy (non-hydrogen) atoms. The number of methoxy groups -OCH3 is 1. The van der Waals surface area contributed by atoms with Gasteiger partial charge in [-0.3, -0.25) is 4.99 Å². The van der Waals surface area contributed by atoms with Crippen molar-refractivity contribution in [3.05, 3.63) is 35.9 Å². The second kappa shape index (κ2) is 9.46. The second-order valence-electron chi connectivity index (χ2n) is 5.85. The molecule has 4 heteroatoms. The SMILES string of the molecule is CCNC(=NCCOC)N1CCC(Cc2ccccc2)CC1. The van der Waals surface area contributed by atoms with E-state index in [0.717, 1.165) is 38.1 Å². The second-order valence-corrected chi connectivity index (χ2v) is 5.85. The number of hydrogen-bond donors (Lipinski definition) is 1. The van der Waals surface area contributed by atoms with Crippen molar-refractivity contribution >= 4 is 5.96 Å². The van der Waals surface area contributed by atoms with Gasteiger partial charge < -0.3 is 15.0 Å². The van der Waals surface area contributed by atoms with E-state index in [1.807, 2.05) is 0 Å². The Bertz CT molecular complexity index is 439. The van der Waals surface area contributed by atoms with Crippen LogP contribution in [0.3, 0.4) is 0 Å². The van der Waals surface area contributed by atoms with Crippen molar-refractivity contribution in [3.8, 4) is 0 Å². The highest BCUT2D eigenvalue weighted by atomic mass is 16.5. The summed E-state index contributed by atoms with van der Waals surface area (Å²) in [5.41, 5.74) is 1.46. The fourth-order valence-corrected chi connectivity index (χ4v) is 2.96. The number of guanidine groups is 1. The quantitative estimate of drug-likeness (QED) is 0.498. The Hall–Kier alpha value is -1.55. The molecule has 0 saturated carbocycles. The highest BCUT2D eigenvalue weighted by Gasteiger charge is 2.21. The predicted octanol–water partition coefficient (Wildman–Crippen LogP) is 2.55. The number of nitrogens with zero attached hydrogens (tertiary/aromatic N) is 2. The largest absolute Gasteiger partial charge is 0.383 e. The molecular weight excluding hydrogens is 274 g/mol. The van der Waals surface area contributed by atoms with Crippen LogP contribution in [-0.2, 0) is 11.2 Å². The van der Waals surface area contributed by atoms with Crippen molar-refractivity contribution in [3.63, 3.8) is 0 Å². The Morgan fingerprint density at radius 1 is 1.27 bits per heavy atom. The minimum atomic E-state index is 0.680. The fraction of sp³-hybridized carbons (Fsp3) is 0.611. The first-order valence-corrected chi connectivity index (χ1v) is 8.39. The number of hydrogen-bond acceptors (Lipinski definition) is 2. The molecule has 0 unspecified atom stereocenters. The molecule has 1 heterocycles. The lowest BCUT2D eigenvalue weighted by molar-refractivity contribution is 0.206. The van der Waals surface area contributed by atoms with Gasteiger partial charge in [0.05, 0.1) is 13.2 Å². The van der Waals surface area contributed by atoms with Gasteiger partial charge in [-0.05, 0) is 37.7 Å². The maximum atomic E-state index is 5.09. The lowest BCUT2D eigenvalue weighted by Crippen LogP contribution is -2.46. The van der Waals surface area contributed by atoms with E-state index in [4.69, 9.17) is 4.74 Å². The molecule has 1 aliphatic rings. The van der Waals surface area contributed by atoms with E-state index in [2.05, 4.69) is 52.5 Å². The van der Waals surface area contributed by atoms with Gasteiger partial charge in [0.25, 0.3) is 0 Å². The average Bonchev–Trinajstić information content (AvgIpc) is 2.56. The average molecular weight is 303 g/mol. The molecule has 0 amide bonds. The van der Waals surface area contributed by atoms with Gasteiger partial charge in [-0.2, -0.15) is 0 Å². The van der Waals surface area contributed by atoms with Gasteiger partial charge in [0.1, 0.15) is 0 Å². The van der Waals surface area contributed by atoms with Crippen LogP contribution in [-0.4, -0.2) is 50.8 Å². The molecule has 0 atom stereocenters. The van der Waals surface area contributed by atoms with Crippen LogP contribution in [0.25, 0.3) is 0 Å². The van der Waals surface area contributed by atoms with Crippen LogP contribution in [0.4, 0.5) is 0 Å². The molecule has 2 rings (SSSR count). The molecule has 0 aromatic heterocycles. The van der Waals surface area contributed by atoms with Crippen LogP contribution in [0.15, 0.2) is 35.3 Å². The zero-order valence-corrected chi connectivity index (χ0v) is 13.9. The van der Waals surface area contributed by atoms with Gasteiger partial charge in [-0.25, -0.2) is 0 Å². The van der Waals surface area contributed by atoms with Gasteiger partial charge in [-0.15, -0.1) is 0 Å².